The third-order valence-corrected chi connectivity index (χ3v) is 2.48. The van der Waals surface area contributed by atoms with Crippen molar-refractivity contribution in [3.05, 3.63) is 59.4 Å². The maximum absolute atomic E-state index is 5.80. The first-order valence-electron chi connectivity index (χ1n) is 5.23. The molecule has 1 heterocycles. The van der Waals surface area contributed by atoms with Crippen LogP contribution < -0.4 is 5.43 Å². The summed E-state index contributed by atoms with van der Waals surface area (Å²) < 4.78 is 0. The van der Waals surface area contributed by atoms with Crippen LogP contribution in [0.1, 0.15) is 12.6 Å². The van der Waals surface area contributed by atoms with E-state index in [1.165, 1.54) is 0 Å². The van der Waals surface area contributed by atoms with E-state index in [1.807, 2.05) is 49.4 Å². The van der Waals surface area contributed by atoms with Crippen molar-refractivity contribution < 1.29 is 0 Å². The van der Waals surface area contributed by atoms with Crippen LogP contribution >= 0.6 is 24.0 Å². The van der Waals surface area contributed by atoms with Crippen LogP contribution in [0.4, 0.5) is 5.69 Å². The summed E-state index contributed by atoms with van der Waals surface area (Å²) in [6, 6.07) is 13.1. The SMILES string of the molecule is C/C(=N\Nc1ccc(Cl)cc1)c1ccccn1.Cl. The van der Waals surface area contributed by atoms with E-state index in [9.17, 15) is 0 Å². The molecule has 5 heteroatoms. The van der Waals surface area contributed by atoms with E-state index in [1.54, 1.807) is 6.20 Å². The fourth-order valence-electron chi connectivity index (χ4n) is 1.31. The first kappa shape index (κ1) is 14.5. The lowest BCUT2D eigenvalue weighted by Gasteiger charge is -2.02. The monoisotopic (exact) mass is 281 g/mol. The number of anilines is 1. The fraction of sp³-hybridized carbons (Fsp3) is 0.0769. The molecule has 0 spiro atoms. The average molecular weight is 282 g/mol. The molecule has 1 N–H and O–H groups in total. The van der Waals surface area contributed by atoms with Crippen molar-refractivity contribution in [1.29, 1.82) is 0 Å². The van der Waals surface area contributed by atoms with Crippen LogP contribution in [0.2, 0.25) is 5.02 Å². The molecule has 0 radical (unpaired) electrons. The highest BCUT2D eigenvalue weighted by Gasteiger charge is 1.97. The maximum Gasteiger partial charge on any atom is 0.0859 e. The largest absolute Gasteiger partial charge is 0.278 e. The molecule has 0 aliphatic rings. The van der Waals surface area contributed by atoms with Gasteiger partial charge in [0, 0.05) is 11.2 Å². The zero-order chi connectivity index (χ0) is 12.1. The van der Waals surface area contributed by atoms with Gasteiger partial charge >= 0.3 is 0 Å². The molecule has 2 rings (SSSR count). The van der Waals surface area contributed by atoms with Crippen LogP contribution in [0.5, 0.6) is 0 Å². The number of nitrogens with one attached hydrogen (secondary N) is 1. The second-order valence-corrected chi connectivity index (χ2v) is 3.97. The first-order valence-corrected chi connectivity index (χ1v) is 5.61. The van der Waals surface area contributed by atoms with Crippen molar-refractivity contribution >= 4 is 35.4 Å². The summed E-state index contributed by atoms with van der Waals surface area (Å²) in [7, 11) is 0. The molecule has 0 bridgehead atoms. The number of nitrogens with zero attached hydrogens (tertiary/aromatic N) is 2. The van der Waals surface area contributed by atoms with E-state index in [4.69, 9.17) is 11.6 Å². The van der Waals surface area contributed by atoms with E-state index in [0.29, 0.717) is 5.02 Å². The molecular weight excluding hydrogens is 269 g/mol. The molecule has 1 aromatic heterocycles. The highest BCUT2D eigenvalue weighted by molar-refractivity contribution is 6.30. The van der Waals surface area contributed by atoms with Crippen LogP contribution in [-0.2, 0) is 0 Å². The molecule has 0 fully saturated rings. The Bertz CT molecular complexity index is 510. The second-order valence-electron chi connectivity index (χ2n) is 3.53. The van der Waals surface area contributed by atoms with Crippen LogP contribution in [0, 0.1) is 0 Å². The van der Waals surface area contributed by atoms with Gasteiger partial charge < -0.3 is 0 Å². The van der Waals surface area contributed by atoms with Gasteiger partial charge in [0.25, 0.3) is 0 Å². The average Bonchev–Trinajstić information content (AvgIpc) is 2.39. The highest BCUT2D eigenvalue weighted by Crippen LogP contribution is 2.13. The van der Waals surface area contributed by atoms with E-state index < -0.39 is 0 Å². The van der Waals surface area contributed by atoms with Gasteiger partial charge in [0.05, 0.1) is 17.1 Å². The van der Waals surface area contributed by atoms with Gasteiger partial charge in [-0.15, -0.1) is 12.4 Å². The van der Waals surface area contributed by atoms with Gasteiger partial charge in [0.15, 0.2) is 0 Å². The van der Waals surface area contributed by atoms with Gasteiger partial charge in [-0.3, -0.25) is 10.4 Å². The minimum atomic E-state index is 0. The highest BCUT2D eigenvalue weighted by atomic mass is 35.5. The van der Waals surface area contributed by atoms with Crippen LogP contribution in [-0.4, -0.2) is 10.7 Å². The Morgan fingerprint density at radius 3 is 2.50 bits per heavy atom. The lowest BCUT2D eigenvalue weighted by Crippen LogP contribution is -2.01. The summed E-state index contributed by atoms with van der Waals surface area (Å²) in [5.74, 6) is 0. The third-order valence-electron chi connectivity index (χ3n) is 2.23. The third kappa shape index (κ3) is 4.02. The Hall–Kier alpha value is -1.58. The number of aromatic nitrogens is 1. The molecule has 94 valence electrons. The number of hydrogen-bond acceptors (Lipinski definition) is 3. The Kier molecular flexibility index (Phi) is 5.62. The summed E-state index contributed by atoms with van der Waals surface area (Å²) in [6.07, 6.45) is 1.75. The van der Waals surface area contributed by atoms with Gasteiger partial charge in [-0.1, -0.05) is 17.7 Å². The maximum atomic E-state index is 5.80. The molecule has 18 heavy (non-hydrogen) atoms. The van der Waals surface area contributed by atoms with Crippen molar-refractivity contribution in [2.24, 2.45) is 5.10 Å². The number of rotatable bonds is 3. The molecule has 1 aromatic carbocycles. The van der Waals surface area contributed by atoms with Crippen LogP contribution in [0.15, 0.2) is 53.8 Å². The summed E-state index contributed by atoms with van der Waals surface area (Å²) in [6.45, 7) is 1.91. The van der Waals surface area contributed by atoms with Crippen molar-refractivity contribution in [2.45, 2.75) is 6.92 Å². The normalized spacial score (nSPS) is 10.7. The molecule has 0 amide bonds. The van der Waals surface area contributed by atoms with Crippen LogP contribution in [0.25, 0.3) is 0 Å². The molecule has 0 aliphatic heterocycles. The smallest absolute Gasteiger partial charge is 0.0859 e. The van der Waals surface area contributed by atoms with Gasteiger partial charge in [-0.05, 0) is 43.3 Å². The van der Waals surface area contributed by atoms with Gasteiger partial charge in [-0.2, -0.15) is 5.10 Å². The number of benzene rings is 1. The van der Waals surface area contributed by atoms with Gasteiger partial charge in [0.1, 0.15) is 0 Å². The zero-order valence-electron chi connectivity index (χ0n) is 9.80. The zero-order valence-corrected chi connectivity index (χ0v) is 11.4. The summed E-state index contributed by atoms with van der Waals surface area (Å²) in [4.78, 5) is 4.21. The van der Waals surface area contributed by atoms with Crippen molar-refractivity contribution in [1.82, 2.24) is 4.98 Å². The summed E-state index contributed by atoms with van der Waals surface area (Å²) >= 11 is 5.80. The van der Waals surface area contributed by atoms with Gasteiger partial charge in [0.2, 0.25) is 0 Å². The number of hydrazone groups is 1. The van der Waals surface area contributed by atoms with Gasteiger partial charge in [-0.25, -0.2) is 0 Å². The fourth-order valence-corrected chi connectivity index (χ4v) is 1.43. The van der Waals surface area contributed by atoms with E-state index in [0.717, 1.165) is 17.1 Å². The summed E-state index contributed by atoms with van der Waals surface area (Å²) in [5, 5.41) is 4.96. The number of halogens is 2. The topological polar surface area (TPSA) is 37.3 Å². The Morgan fingerprint density at radius 2 is 1.89 bits per heavy atom. The lowest BCUT2D eigenvalue weighted by atomic mass is 10.3. The van der Waals surface area contributed by atoms with Crippen molar-refractivity contribution in [3.63, 3.8) is 0 Å². The van der Waals surface area contributed by atoms with E-state index in [-0.39, 0.29) is 12.4 Å². The number of pyridine rings is 1. The Labute approximate surface area is 117 Å². The quantitative estimate of drug-likeness (QED) is 0.682. The summed E-state index contributed by atoms with van der Waals surface area (Å²) in [5.41, 5.74) is 5.54. The molecular formula is C13H13Cl2N3. The molecule has 0 atom stereocenters. The van der Waals surface area contributed by atoms with Crippen molar-refractivity contribution in [3.8, 4) is 0 Å². The number of hydrogen-bond donors (Lipinski definition) is 1. The van der Waals surface area contributed by atoms with E-state index >= 15 is 0 Å². The minimum absolute atomic E-state index is 0. The molecule has 2 aromatic rings. The first-order chi connectivity index (χ1) is 8.25. The van der Waals surface area contributed by atoms with Crippen LogP contribution in [0.3, 0.4) is 0 Å². The molecule has 0 unspecified atom stereocenters. The Balaban J connectivity index is 0.00000162. The predicted molar refractivity (Wildman–Crippen MR) is 78.8 cm³/mol. The molecule has 0 saturated carbocycles. The predicted octanol–water partition coefficient (Wildman–Crippen LogP) is 3.99. The van der Waals surface area contributed by atoms with Crippen molar-refractivity contribution in [2.75, 3.05) is 5.43 Å². The lowest BCUT2D eigenvalue weighted by molar-refractivity contribution is 1.25. The molecule has 0 saturated heterocycles. The van der Waals surface area contributed by atoms with E-state index in [2.05, 4.69) is 15.5 Å². The second kappa shape index (κ2) is 6.99. The minimum Gasteiger partial charge on any atom is -0.278 e. The molecule has 0 aliphatic carbocycles. The molecule has 3 nitrogen and oxygen atoms in total. The Morgan fingerprint density at radius 1 is 1.17 bits per heavy atom. The standard InChI is InChI=1S/C13H12ClN3.ClH/c1-10(13-4-2-3-9-15-13)16-17-12-7-5-11(14)6-8-12;/h2-9,17H,1H3;1H/b16-10+;.